The van der Waals surface area contributed by atoms with E-state index in [9.17, 15) is 4.79 Å². The highest BCUT2D eigenvalue weighted by Gasteiger charge is 2.20. The van der Waals surface area contributed by atoms with Crippen molar-refractivity contribution in [2.45, 2.75) is 19.5 Å². The van der Waals surface area contributed by atoms with Crippen LogP contribution >= 0.6 is 22.9 Å². The molecule has 0 aliphatic heterocycles. The molecule has 1 unspecified atom stereocenters. The number of hydrogen-bond acceptors (Lipinski definition) is 5. The van der Waals surface area contributed by atoms with E-state index in [1.807, 2.05) is 44.4 Å². The summed E-state index contributed by atoms with van der Waals surface area (Å²) in [5, 5.41) is 11.6. The number of carbonyl (C=O) groups excluding carboxylic acids is 1. The molecule has 3 aromatic rings. The number of aromatic nitrogens is 3. The molecule has 0 spiro atoms. The predicted octanol–water partition coefficient (Wildman–Crippen LogP) is 3.08. The number of hydrogen-bond donors (Lipinski definition) is 2. The van der Waals surface area contributed by atoms with Gasteiger partial charge in [0.1, 0.15) is 11.0 Å². The van der Waals surface area contributed by atoms with Crippen LogP contribution in [0.4, 0.5) is 0 Å². The number of nitrogens with one attached hydrogen (secondary N) is 2. The Morgan fingerprint density at radius 1 is 1.35 bits per heavy atom. The van der Waals surface area contributed by atoms with Gasteiger partial charge in [0.25, 0.3) is 0 Å². The first-order valence-corrected chi connectivity index (χ1v) is 9.33. The maximum atomic E-state index is 12.5. The molecule has 136 valence electrons. The van der Waals surface area contributed by atoms with E-state index in [1.165, 1.54) is 0 Å². The molecular formula is C18H20ClN5OS. The number of thiazole rings is 1. The standard InChI is InChI=1S/C18H20ClN5OS/c1-11-16(12-4-6-14(19)7-5-12)23-15(26-11)9-21-18(25)17(20-2)13-8-22-24(3)10-13/h4-8,10,17,20H,9H2,1-3H3,(H,21,25). The van der Waals surface area contributed by atoms with Crippen LogP contribution in [0.3, 0.4) is 0 Å². The third-order valence-corrected chi connectivity index (χ3v) is 5.20. The lowest BCUT2D eigenvalue weighted by molar-refractivity contribution is -0.123. The molecule has 6 nitrogen and oxygen atoms in total. The van der Waals surface area contributed by atoms with Crippen LogP contribution in [-0.2, 0) is 18.4 Å². The van der Waals surface area contributed by atoms with Gasteiger partial charge in [0, 0.05) is 34.3 Å². The summed E-state index contributed by atoms with van der Waals surface area (Å²) in [7, 11) is 3.58. The molecule has 0 radical (unpaired) electrons. The smallest absolute Gasteiger partial charge is 0.242 e. The highest BCUT2D eigenvalue weighted by molar-refractivity contribution is 7.12. The minimum absolute atomic E-state index is 0.110. The molecule has 8 heteroatoms. The second-order valence-corrected chi connectivity index (χ2v) is 7.63. The Balaban J connectivity index is 1.69. The van der Waals surface area contributed by atoms with Crippen molar-refractivity contribution in [1.82, 2.24) is 25.4 Å². The van der Waals surface area contributed by atoms with Crippen molar-refractivity contribution in [1.29, 1.82) is 0 Å². The molecule has 1 atom stereocenters. The number of nitrogens with zero attached hydrogens (tertiary/aromatic N) is 3. The Kier molecular flexibility index (Phi) is 5.70. The quantitative estimate of drug-likeness (QED) is 0.679. The summed E-state index contributed by atoms with van der Waals surface area (Å²) in [6.45, 7) is 2.41. The molecule has 2 heterocycles. The molecule has 0 aliphatic rings. The van der Waals surface area contributed by atoms with Gasteiger partial charge >= 0.3 is 0 Å². The second-order valence-electron chi connectivity index (χ2n) is 5.91. The third-order valence-electron chi connectivity index (χ3n) is 3.98. The van der Waals surface area contributed by atoms with E-state index in [4.69, 9.17) is 11.6 Å². The fourth-order valence-electron chi connectivity index (χ4n) is 2.71. The number of likely N-dealkylation sites (N-methyl/N-ethyl adjacent to an activating group) is 1. The number of amides is 1. The minimum Gasteiger partial charge on any atom is -0.348 e. The SMILES string of the molecule is CNC(C(=O)NCc1nc(-c2ccc(Cl)cc2)c(C)s1)c1cnn(C)c1. The average molecular weight is 390 g/mol. The number of carbonyl (C=O) groups is 1. The molecule has 0 fully saturated rings. The lowest BCUT2D eigenvalue weighted by Crippen LogP contribution is -2.35. The summed E-state index contributed by atoms with van der Waals surface area (Å²) < 4.78 is 1.68. The molecule has 0 saturated carbocycles. The maximum absolute atomic E-state index is 12.5. The van der Waals surface area contributed by atoms with Gasteiger partial charge in [-0.2, -0.15) is 5.10 Å². The summed E-state index contributed by atoms with van der Waals surface area (Å²) in [5.74, 6) is -0.110. The fraction of sp³-hybridized carbons (Fsp3) is 0.278. The first-order valence-electron chi connectivity index (χ1n) is 8.13. The van der Waals surface area contributed by atoms with E-state index in [0.717, 1.165) is 26.7 Å². The van der Waals surface area contributed by atoms with Crippen LogP contribution in [0.25, 0.3) is 11.3 Å². The first kappa shape index (κ1) is 18.6. The normalized spacial score (nSPS) is 12.2. The van der Waals surface area contributed by atoms with Crippen molar-refractivity contribution >= 4 is 28.8 Å². The zero-order valence-electron chi connectivity index (χ0n) is 14.8. The van der Waals surface area contributed by atoms with E-state index in [0.29, 0.717) is 11.6 Å². The molecular weight excluding hydrogens is 370 g/mol. The van der Waals surface area contributed by atoms with E-state index in [2.05, 4.69) is 20.7 Å². The van der Waals surface area contributed by atoms with E-state index in [1.54, 1.807) is 29.3 Å². The van der Waals surface area contributed by atoms with Crippen LogP contribution < -0.4 is 10.6 Å². The number of aryl methyl sites for hydroxylation is 2. The molecule has 1 amide bonds. The van der Waals surface area contributed by atoms with Gasteiger partial charge in [-0.15, -0.1) is 11.3 Å². The van der Waals surface area contributed by atoms with Crippen molar-refractivity contribution < 1.29 is 4.79 Å². The van der Waals surface area contributed by atoms with Gasteiger partial charge in [0.15, 0.2) is 0 Å². The van der Waals surface area contributed by atoms with Crippen molar-refractivity contribution in [3.05, 3.63) is 57.1 Å². The average Bonchev–Trinajstić information content (AvgIpc) is 3.20. The third kappa shape index (κ3) is 4.12. The summed E-state index contributed by atoms with van der Waals surface area (Å²) in [4.78, 5) is 18.3. The van der Waals surface area contributed by atoms with Crippen LogP contribution in [0.2, 0.25) is 5.02 Å². The van der Waals surface area contributed by atoms with Crippen LogP contribution in [0.1, 0.15) is 21.5 Å². The van der Waals surface area contributed by atoms with Gasteiger partial charge in [0.2, 0.25) is 5.91 Å². The van der Waals surface area contributed by atoms with Gasteiger partial charge in [0.05, 0.1) is 18.4 Å². The van der Waals surface area contributed by atoms with Gasteiger partial charge in [-0.25, -0.2) is 4.98 Å². The Hall–Kier alpha value is -2.22. The Labute approximate surface area is 161 Å². The van der Waals surface area contributed by atoms with Crippen molar-refractivity contribution in [3.63, 3.8) is 0 Å². The van der Waals surface area contributed by atoms with Crippen LogP contribution in [0.5, 0.6) is 0 Å². The fourth-order valence-corrected chi connectivity index (χ4v) is 3.73. The molecule has 1 aromatic carbocycles. The molecule has 2 N–H and O–H groups in total. The summed E-state index contributed by atoms with van der Waals surface area (Å²) >= 11 is 7.53. The number of rotatable bonds is 6. The van der Waals surface area contributed by atoms with Crippen LogP contribution in [0.15, 0.2) is 36.7 Å². The topological polar surface area (TPSA) is 71.8 Å². The largest absolute Gasteiger partial charge is 0.348 e. The molecule has 0 bridgehead atoms. The van der Waals surface area contributed by atoms with Gasteiger partial charge < -0.3 is 10.6 Å². The lowest BCUT2D eigenvalue weighted by Gasteiger charge is -2.13. The minimum atomic E-state index is -0.444. The first-order chi connectivity index (χ1) is 12.5. The van der Waals surface area contributed by atoms with E-state index in [-0.39, 0.29) is 5.91 Å². The number of halogens is 1. The Morgan fingerprint density at radius 2 is 2.08 bits per heavy atom. The second kappa shape index (κ2) is 7.99. The van der Waals surface area contributed by atoms with Crippen molar-refractivity contribution in [2.75, 3.05) is 7.05 Å². The molecule has 0 aliphatic carbocycles. The van der Waals surface area contributed by atoms with E-state index >= 15 is 0 Å². The zero-order chi connectivity index (χ0) is 18.7. The van der Waals surface area contributed by atoms with Gasteiger partial charge in [-0.1, -0.05) is 23.7 Å². The molecule has 2 aromatic heterocycles. The highest BCUT2D eigenvalue weighted by atomic mass is 35.5. The predicted molar refractivity (Wildman–Crippen MR) is 104 cm³/mol. The summed E-state index contributed by atoms with van der Waals surface area (Å²) in [5.41, 5.74) is 2.77. The van der Waals surface area contributed by atoms with Gasteiger partial charge in [-0.3, -0.25) is 9.48 Å². The van der Waals surface area contributed by atoms with Crippen LogP contribution in [0, 0.1) is 6.92 Å². The van der Waals surface area contributed by atoms with Crippen molar-refractivity contribution in [3.8, 4) is 11.3 Å². The monoisotopic (exact) mass is 389 g/mol. The Morgan fingerprint density at radius 3 is 2.69 bits per heavy atom. The highest BCUT2D eigenvalue weighted by Crippen LogP contribution is 2.28. The zero-order valence-corrected chi connectivity index (χ0v) is 16.4. The van der Waals surface area contributed by atoms with Crippen LogP contribution in [-0.4, -0.2) is 27.7 Å². The van der Waals surface area contributed by atoms with Crippen molar-refractivity contribution in [2.24, 2.45) is 7.05 Å². The molecule has 3 rings (SSSR count). The molecule has 0 saturated heterocycles. The lowest BCUT2D eigenvalue weighted by atomic mass is 10.1. The molecule has 26 heavy (non-hydrogen) atoms. The summed E-state index contributed by atoms with van der Waals surface area (Å²) in [6.07, 6.45) is 3.51. The summed E-state index contributed by atoms with van der Waals surface area (Å²) in [6, 6.07) is 7.16. The number of benzene rings is 1. The van der Waals surface area contributed by atoms with E-state index < -0.39 is 6.04 Å². The Bertz CT molecular complexity index is 903. The maximum Gasteiger partial charge on any atom is 0.242 e. The van der Waals surface area contributed by atoms with Gasteiger partial charge in [-0.05, 0) is 26.1 Å².